The fourth-order valence-corrected chi connectivity index (χ4v) is 3.28. The molecule has 172 valence electrons. The van der Waals surface area contributed by atoms with Crippen LogP contribution in [0.4, 0.5) is 11.4 Å². The van der Waals surface area contributed by atoms with E-state index in [4.69, 9.17) is 14.2 Å². The van der Waals surface area contributed by atoms with Gasteiger partial charge in [0.15, 0.2) is 0 Å². The summed E-state index contributed by atoms with van der Waals surface area (Å²) in [4.78, 5) is 24.5. The van der Waals surface area contributed by atoms with Crippen molar-refractivity contribution in [2.45, 2.75) is 25.4 Å². The van der Waals surface area contributed by atoms with Gasteiger partial charge in [0.1, 0.15) is 12.4 Å². The van der Waals surface area contributed by atoms with Crippen LogP contribution < -0.4 is 20.7 Å². The van der Waals surface area contributed by atoms with Crippen LogP contribution in [0.5, 0.6) is 5.75 Å². The van der Waals surface area contributed by atoms with E-state index in [1.165, 1.54) is 0 Å². The van der Waals surface area contributed by atoms with E-state index < -0.39 is 0 Å². The van der Waals surface area contributed by atoms with Gasteiger partial charge in [-0.3, -0.25) is 9.59 Å². The minimum absolute atomic E-state index is 0.101. The number of carbonyl (C=O) groups is 2. The van der Waals surface area contributed by atoms with Gasteiger partial charge in [0.2, 0.25) is 5.91 Å². The van der Waals surface area contributed by atoms with Crippen molar-refractivity contribution in [1.29, 1.82) is 0 Å². The highest BCUT2D eigenvalue weighted by molar-refractivity contribution is 5.98. The maximum Gasteiger partial charge on any atom is 0.251 e. The Kier molecular flexibility index (Phi) is 9.34. The third kappa shape index (κ3) is 7.86. The molecule has 1 aliphatic heterocycles. The normalized spacial score (nSPS) is 15.2. The van der Waals surface area contributed by atoms with Crippen molar-refractivity contribution >= 4 is 23.2 Å². The largest absolute Gasteiger partial charge is 0.491 e. The molecule has 1 saturated heterocycles. The fourth-order valence-electron chi connectivity index (χ4n) is 3.28. The second-order valence-electron chi connectivity index (χ2n) is 7.56. The SMILES string of the molecule is COCCCNC(=O)c1cccc(NC(=O)CNc2ccc(OCC3CCCO3)cc2)c1. The van der Waals surface area contributed by atoms with Crippen molar-refractivity contribution in [3.63, 3.8) is 0 Å². The van der Waals surface area contributed by atoms with Crippen molar-refractivity contribution in [3.05, 3.63) is 54.1 Å². The summed E-state index contributed by atoms with van der Waals surface area (Å²) in [5.74, 6) is 0.381. The molecule has 8 heteroatoms. The molecule has 0 bridgehead atoms. The van der Waals surface area contributed by atoms with Crippen LogP contribution in [-0.2, 0) is 14.3 Å². The first-order valence-corrected chi connectivity index (χ1v) is 10.9. The molecule has 1 aliphatic rings. The molecule has 2 aromatic carbocycles. The maximum atomic E-state index is 12.3. The standard InChI is InChI=1S/C24H31N3O5/c1-30-13-4-12-25-24(29)18-5-2-6-20(15-18)27-23(28)16-26-19-8-10-21(11-9-19)32-17-22-7-3-14-31-22/h2,5-6,8-11,15,22,26H,3-4,7,12-14,16-17H2,1H3,(H,25,29)(H,27,28). The summed E-state index contributed by atoms with van der Waals surface area (Å²) >= 11 is 0. The van der Waals surface area contributed by atoms with Crippen molar-refractivity contribution < 1.29 is 23.8 Å². The van der Waals surface area contributed by atoms with Gasteiger partial charge in [0, 0.05) is 43.8 Å². The Morgan fingerprint density at radius 1 is 1.12 bits per heavy atom. The first kappa shape index (κ1) is 23.6. The second-order valence-corrected chi connectivity index (χ2v) is 7.56. The summed E-state index contributed by atoms with van der Waals surface area (Å²) in [7, 11) is 1.63. The summed E-state index contributed by atoms with van der Waals surface area (Å²) in [6.45, 7) is 2.59. The average molecular weight is 442 g/mol. The lowest BCUT2D eigenvalue weighted by Gasteiger charge is -2.12. The first-order valence-electron chi connectivity index (χ1n) is 10.9. The van der Waals surface area contributed by atoms with Crippen molar-refractivity contribution in [1.82, 2.24) is 5.32 Å². The number of amides is 2. The van der Waals surface area contributed by atoms with Crippen LogP contribution in [0, 0.1) is 0 Å². The van der Waals surface area contributed by atoms with Crippen molar-refractivity contribution in [3.8, 4) is 5.75 Å². The van der Waals surface area contributed by atoms with Crippen LogP contribution in [0.15, 0.2) is 48.5 Å². The van der Waals surface area contributed by atoms with E-state index in [0.717, 1.165) is 37.3 Å². The van der Waals surface area contributed by atoms with E-state index in [-0.39, 0.29) is 24.5 Å². The number of ether oxygens (including phenoxy) is 3. The van der Waals surface area contributed by atoms with Gasteiger partial charge >= 0.3 is 0 Å². The van der Waals surface area contributed by atoms with Gasteiger partial charge in [-0.05, 0) is 61.7 Å². The number of hydrogen-bond donors (Lipinski definition) is 3. The molecule has 32 heavy (non-hydrogen) atoms. The van der Waals surface area contributed by atoms with Crippen LogP contribution in [0.3, 0.4) is 0 Å². The first-order chi connectivity index (χ1) is 15.6. The molecule has 0 spiro atoms. The molecule has 2 amide bonds. The number of hydrogen-bond acceptors (Lipinski definition) is 6. The van der Waals surface area contributed by atoms with E-state index in [1.807, 2.05) is 24.3 Å². The number of anilines is 2. The Morgan fingerprint density at radius 3 is 2.72 bits per heavy atom. The van der Waals surface area contributed by atoms with Crippen molar-refractivity contribution in [2.75, 3.05) is 50.7 Å². The van der Waals surface area contributed by atoms with Gasteiger partial charge in [0.05, 0.1) is 12.6 Å². The zero-order valence-electron chi connectivity index (χ0n) is 18.4. The van der Waals surface area contributed by atoms with Gasteiger partial charge in [0.25, 0.3) is 5.91 Å². The van der Waals surface area contributed by atoms with Gasteiger partial charge in [-0.15, -0.1) is 0 Å². The van der Waals surface area contributed by atoms with Crippen LogP contribution in [0.1, 0.15) is 29.6 Å². The van der Waals surface area contributed by atoms with Gasteiger partial charge < -0.3 is 30.2 Å². The van der Waals surface area contributed by atoms with Crippen LogP contribution >= 0.6 is 0 Å². The van der Waals surface area contributed by atoms with E-state index in [0.29, 0.717) is 31.0 Å². The lowest BCUT2D eigenvalue weighted by atomic mass is 10.2. The molecule has 0 aliphatic carbocycles. The highest BCUT2D eigenvalue weighted by Crippen LogP contribution is 2.18. The topological polar surface area (TPSA) is 97.9 Å². The Bertz CT molecular complexity index is 866. The monoisotopic (exact) mass is 441 g/mol. The Balaban J connectivity index is 1.41. The smallest absolute Gasteiger partial charge is 0.251 e. The molecule has 1 heterocycles. The fraction of sp³-hybridized carbons (Fsp3) is 0.417. The van der Waals surface area contributed by atoms with Crippen LogP contribution in [0.25, 0.3) is 0 Å². The van der Waals surface area contributed by atoms with E-state index in [1.54, 1.807) is 31.4 Å². The minimum Gasteiger partial charge on any atom is -0.491 e. The lowest BCUT2D eigenvalue weighted by molar-refractivity contribution is -0.114. The zero-order chi connectivity index (χ0) is 22.6. The van der Waals surface area contributed by atoms with E-state index in [2.05, 4.69) is 16.0 Å². The predicted octanol–water partition coefficient (Wildman–Crippen LogP) is 3.06. The van der Waals surface area contributed by atoms with E-state index >= 15 is 0 Å². The predicted molar refractivity (Wildman–Crippen MR) is 123 cm³/mol. The molecule has 0 saturated carbocycles. The molecule has 8 nitrogen and oxygen atoms in total. The molecule has 1 atom stereocenters. The lowest BCUT2D eigenvalue weighted by Crippen LogP contribution is -2.25. The van der Waals surface area contributed by atoms with Gasteiger partial charge in [-0.2, -0.15) is 0 Å². The molecule has 2 aromatic rings. The average Bonchev–Trinajstić information content (AvgIpc) is 3.34. The van der Waals surface area contributed by atoms with E-state index in [9.17, 15) is 9.59 Å². The Morgan fingerprint density at radius 2 is 1.97 bits per heavy atom. The molecular weight excluding hydrogens is 410 g/mol. The summed E-state index contributed by atoms with van der Waals surface area (Å²) < 4.78 is 16.3. The van der Waals surface area contributed by atoms with Crippen LogP contribution in [-0.4, -0.2) is 57.9 Å². The molecule has 1 unspecified atom stereocenters. The molecular formula is C24H31N3O5. The molecule has 0 radical (unpaired) electrons. The number of rotatable bonds is 12. The van der Waals surface area contributed by atoms with Gasteiger partial charge in [-0.1, -0.05) is 6.07 Å². The van der Waals surface area contributed by atoms with Gasteiger partial charge in [-0.25, -0.2) is 0 Å². The maximum absolute atomic E-state index is 12.3. The molecule has 0 aromatic heterocycles. The Labute approximate surface area is 188 Å². The quantitative estimate of drug-likeness (QED) is 0.438. The second kappa shape index (κ2) is 12.7. The Hall–Kier alpha value is -3.10. The summed E-state index contributed by atoms with van der Waals surface area (Å²) in [6, 6.07) is 14.3. The molecule has 1 fully saturated rings. The highest BCUT2D eigenvalue weighted by Gasteiger charge is 2.16. The number of methoxy groups -OCH3 is 1. The summed E-state index contributed by atoms with van der Waals surface area (Å²) in [5, 5.41) is 8.72. The summed E-state index contributed by atoms with van der Waals surface area (Å²) in [5.41, 5.74) is 1.87. The summed E-state index contributed by atoms with van der Waals surface area (Å²) in [6.07, 6.45) is 3.05. The zero-order valence-corrected chi connectivity index (χ0v) is 18.4. The molecule has 3 N–H and O–H groups in total. The van der Waals surface area contributed by atoms with Crippen LogP contribution in [0.2, 0.25) is 0 Å². The van der Waals surface area contributed by atoms with Crippen molar-refractivity contribution in [2.24, 2.45) is 0 Å². The third-order valence-electron chi connectivity index (χ3n) is 4.99. The number of nitrogens with one attached hydrogen (secondary N) is 3. The minimum atomic E-state index is -0.207. The molecule has 3 rings (SSSR count). The number of benzene rings is 2. The third-order valence-corrected chi connectivity index (χ3v) is 4.99. The highest BCUT2D eigenvalue weighted by atomic mass is 16.5. The number of carbonyl (C=O) groups excluding carboxylic acids is 2.